The van der Waals surface area contributed by atoms with Gasteiger partial charge in [0.25, 0.3) is 0 Å². The molecule has 0 unspecified atom stereocenters. The Labute approximate surface area is 155 Å². The fraction of sp³-hybridized carbons (Fsp3) is 0.348. The van der Waals surface area contributed by atoms with Crippen molar-refractivity contribution in [2.24, 2.45) is 0 Å². The van der Waals surface area contributed by atoms with Crippen molar-refractivity contribution in [2.45, 2.75) is 33.2 Å². The minimum absolute atomic E-state index is 0.145. The quantitative estimate of drug-likeness (QED) is 0.416. The highest BCUT2D eigenvalue weighted by Crippen LogP contribution is 2.29. The molecular weight excluding hydrogens is 322 g/mol. The van der Waals surface area contributed by atoms with E-state index in [0.717, 1.165) is 25.9 Å². The largest absolute Gasteiger partial charge is 0.465 e. The van der Waals surface area contributed by atoms with Gasteiger partial charge in [-0.25, -0.2) is 0 Å². The van der Waals surface area contributed by atoms with Crippen LogP contribution in [-0.2, 0) is 16.1 Å². The van der Waals surface area contributed by atoms with Gasteiger partial charge in [0.05, 0.1) is 13.2 Å². The molecule has 3 rings (SSSR count). The summed E-state index contributed by atoms with van der Waals surface area (Å²) in [5, 5.41) is 5.05. The number of hydrogen-bond acceptors (Lipinski definition) is 3. The van der Waals surface area contributed by atoms with Gasteiger partial charge in [-0.15, -0.1) is 0 Å². The molecule has 0 aliphatic heterocycles. The van der Waals surface area contributed by atoms with Crippen LogP contribution in [0.15, 0.2) is 54.6 Å². The van der Waals surface area contributed by atoms with E-state index in [1.165, 1.54) is 27.1 Å². The molecule has 0 atom stereocenters. The van der Waals surface area contributed by atoms with E-state index in [4.69, 9.17) is 4.74 Å². The van der Waals surface area contributed by atoms with Crippen LogP contribution in [0.2, 0.25) is 0 Å². The minimum atomic E-state index is -0.145. The summed E-state index contributed by atoms with van der Waals surface area (Å²) in [6.45, 7) is 6.45. The highest BCUT2D eigenvalue weighted by molar-refractivity contribution is 6.08. The number of fused-ring (bicyclic) bond motifs is 3. The number of ether oxygens (including phenoxy) is 1. The Balaban J connectivity index is 1.96. The first-order chi connectivity index (χ1) is 12.7. The van der Waals surface area contributed by atoms with E-state index in [1.807, 2.05) is 6.92 Å². The molecule has 136 valence electrons. The normalized spacial score (nSPS) is 11.3. The maximum atomic E-state index is 12.0. The summed E-state index contributed by atoms with van der Waals surface area (Å²) in [7, 11) is 0. The molecule has 3 aromatic rings. The van der Waals surface area contributed by atoms with Crippen LogP contribution in [0, 0.1) is 0 Å². The molecule has 0 aliphatic carbocycles. The number of rotatable bonds is 8. The topological polar surface area (TPSA) is 29.5 Å². The van der Waals surface area contributed by atoms with Crippen molar-refractivity contribution in [3.05, 3.63) is 60.2 Å². The number of carbonyl (C=O) groups excluding carboxylic acids is 1. The molecule has 0 saturated heterocycles. The molecule has 0 fully saturated rings. The average molecular weight is 349 g/mol. The lowest BCUT2D eigenvalue weighted by Gasteiger charge is -2.22. The van der Waals surface area contributed by atoms with Gasteiger partial charge in [0.15, 0.2) is 0 Å². The molecule has 0 heterocycles. The van der Waals surface area contributed by atoms with Crippen LogP contribution in [-0.4, -0.2) is 30.6 Å². The molecule has 0 spiro atoms. The predicted octanol–water partition coefficient (Wildman–Crippen LogP) is 5.16. The van der Waals surface area contributed by atoms with Crippen LogP contribution in [0.25, 0.3) is 21.5 Å². The molecule has 0 amide bonds. The Morgan fingerprint density at radius 2 is 1.65 bits per heavy atom. The first-order valence-electron chi connectivity index (χ1n) is 9.50. The molecule has 3 heteroatoms. The first-order valence-corrected chi connectivity index (χ1v) is 9.50. The molecule has 0 aromatic heterocycles. The predicted molar refractivity (Wildman–Crippen MR) is 108 cm³/mol. The lowest BCUT2D eigenvalue weighted by Crippen LogP contribution is -2.31. The number of nitrogens with zero attached hydrogens (tertiary/aromatic N) is 1. The van der Waals surface area contributed by atoms with Crippen molar-refractivity contribution in [1.29, 1.82) is 0 Å². The Hall–Kier alpha value is -2.39. The Kier molecular flexibility index (Phi) is 6.24. The zero-order valence-electron chi connectivity index (χ0n) is 15.7. The smallest absolute Gasteiger partial charge is 0.320 e. The van der Waals surface area contributed by atoms with E-state index in [1.54, 1.807) is 0 Å². The summed E-state index contributed by atoms with van der Waals surface area (Å²) < 4.78 is 5.17. The second kappa shape index (κ2) is 8.81. The molecule has 3 aromatic carbocycles. The Bertz CT molecular complexity index is 888. The molecule has 0 saturated carbocycles. The summed E-state index contributed by atoms with van der Waals surface area (Å²) in [5.41, 5.74) is 1.26. The van der Waals surface area contributed by atoms with Crippen molar-refractivity contribution >= 4 is 27.5 Å². The van der Waals surface area contributed by atoms with E-state index in [0.29, 0.717) is 13.2 Å². The van der Waals surface area contributed by atoms with Crippen molar-refractivity contribution in [3.63, 3.8) is 0 Å². The van der Waals surface area contributed by atoms with E-state index in [9.17, 15) is 4.79 Å². The van der Waals surface area contributed by atoms with Crippen molar-refractivity contribution in [1.82, 2.24) is 4.90 Å². The minimum Gasteiger partial charge on any atom is -0.465 e. The van der Waals surface area contributed by atoms with Crippen LogP contribution >= 0.6 is 0 Å². The number of hydrogen-bond donors (Lipinski definition) is 0. The summed E-state index contributed by atoms with van der Waals surface area (Å²) in [6.07, 6.45) is 2.18. The zero-order chi connectivity index (χ0) is 18.4. The van der Waals surface area contributed by atoms with Gasteiger partial charge in [0.2, 0.25) is 0 Å². The highest BCUT2D eigenvalue weighted by Gasteiger charge is 2.14. The van der Waals surface area contributed by atoms with Gasteiger partial charge < -0.3 is 4.74 Å². The summed E-state index contributed by atoms with van der Waals surface area (Å²) >= 11 is 0. The summed E-state index contributed by atoms with van der Waals surface area (Å²) in [6, 6.07) is 19.3. The lowest BCUT2D eigenvalue weighted by atomic mass is 9.97. The van der Waals surface area contributed by atoms with Crippen LogP contribution in [0.3, 0.4) is 0 Å². The van der Waals surface area contributed by atoms with Crippen LogP contribution < -0.4 is 0 Å². The maximum Gasteiger partial charge on any atom is 0.320 e. The molecule has 0 aliphatic rings. The van der Waals surface area contributed by atoms with Gasteiger partial charge in [0.1, 0.15) is 0 Å². The molecule has 0 N–H and O–H groups in total. The average Bonchev–Trinajstić information content (AvgIpc) is 2.66. The number of carbonyl (C=O) groups is 1. The molecule has 26 heavy (non-hydrogen) atoms. The SMILES string of the molecule is CCCCN(CC(=O)OCC)Cc1cc2ccccc2c2ccccc12. The van der Waals surface area contributed by atoms with Crippen molar-refractivity contribution in [2.75, 3.05) is 19.7 Å². The summed E-state index contributed by atoms with van der Waals surface area (Å²) in [4.78, 5) is 14.2. The van der Waals surface area contributed by atoms with Gasteiger partial charge in [-0.1, -0.05) is 61.9 Å². The third kappa shape index (κ3) is 4.23. The van der Waals surface area contributed by atoms with Crippen LogP contribution in [0.1, 0.15) is 32.3 Å². The molecule has 0 radical (unpaired) electrons. The van der Waals surface area contributed by atoms with Gasteiger partial charge >= 0.3 is 5.97 Å². The van der Waals surface area contributed by atoms with Gasteiger partial charge in [-0.2, -0.15) is 0 Å². The third-order valence-electron chi connectivity index (χ3n) is 4.73. The Morgan fingerprint density at radius 1 is 0.962 bits per heavy atom. The van der Waals surface area contributed by atoms with Gasteiger partial charge in [-0.3, -0.25) is 9.69 Å². The van der Waals surface area contributed by atoms with E-state index >= 15 is 0 Å². The van der Waals surface area contributed by atoms with Crippen LogP contribution in [0.5, 0.6) is 0 Å². The maximum absolute atomic E-state index is 12.0. The first kappa shape index (κ1) is 18.4. The molecular formula is C23H27NO2. The van der Waals surface area contributed by atoms with Crippen molar-refractivity contribution < 1.29 is 9.53 Å². The number of esters is 1. The highest BCUT2D eigenvalue weighted by atomic mass is 16.5. The zero-order valence-corrected chi connectivity index (χ0v) is 15.7. The third-order valence-corrected chi connectivity index (χ3v) is 4.73. The fourth-order valence-corrected chi connectivity index (χ4v) is 3.49. The number of unbranched alkanes of at least 4 members (excludes halogenated alkanes) is 1. The van der Waals surface area contributed by atoms with E-state index in [2.05, 4.69) is 66.4 Å². The number of benzene rings is 3. The lowest BCUT2D eigenvalue weighted by molar-refractivity contribution is -0.144. The van der Waals surface area contributed by atoms with E-state index < -0.39 is 0 Å². The standard InChI is InChI=1S/C23H27NO2/c1-3-5-14-24(17-23(25)26-4-2)16-19-15-18-10-6-7-11-20(18)22-13-9-8-12-21(19)22/h6-13,15H,3-5,14,16-17H2,1-2H3. The molecule has 3 nitrogen and oxygen atoms in total. The monoisotopic (exact) mass is 349 g/mol. The van der Waals surface area contributed by atoms with Gasteiger partial charge in [-0.05, 0) is 53.1 Å². The van der Waals surface area contributed by atoms with E-state index in [-0.39, 0.29) is 5.97 Å². The summed E-state index contributed by atoms with van der Waals surface area (Å²) in [5.74, 6) is -0.145. The molecule has 0 bridgehead atoms. The second-order valence-corrected chi connectivity index (χ2v) is 6.67. The van der Waals surface area contributed by atoms with Crippen molar-refractivity contribution in [3.8, 4) is 0 Å². The van der Waals surface area contributed by atoms with Gasteiger partial charge in [0, 0.05) is 6.54 Å². The van der Waals surface area contributed by atoms with Crippen LogP contribution in [0.4, 0.5) is 0 Å². The fourth-order valence-electron chi connectivity index (χ4n) is 3.49. The Morgan fingerprint density at radius 3 is 2.38 bits per heavy atom. The second-order valence-electron chi connectivity index (χ2n) is 6.67.